The number of aliphatic hydroxyl groups is 1. The maximum atomic E-state index is 8.71. The molecule has 4 nitrogen and oxygen atoms in total. The van der Waals surface area contributed by atoms with E-state index in [1.165, 1.54) is 11.3 Å². The molecule has 1 aromatic rings. The summed E-state index contributed by atoms with van der Waals surface area (Å²) in [4.78, 5) is 0. The van der Waals surface area contributed by atoms with Gasteiger partial charge >= 0.3 is 0 Å². The van der Waals surface area contributed by atoms with Crippen LogP contribution in [0.5, 0.6) is 0 Å². The van der Waals surface area contributed by atoms with E-state index in [1.807, 2.05) is 17.9 Å². The smallest absolute Gasteiger partial charge is 0.0537 e. The van der Waals surface area contributed by atoms with Gasteiger partial charge in [0.1, 0.15) is 0 Å². The maximum Gasteiger partial charge on any atom is 0.0537 e. The summed E-state index contributed by atoms with van der Waals surface area (Å²) < 4.78 is 1.88. The summed E-state index contributed by atoms with van der Waals surface area (Å²) in [6.45, 7) is 5.34. The lowest BCUT2D eigenvalue weighted by molar-refractivity contribution is 0.276. The van der Waals surface area contributed by atoms with Gasteiger partial charge in [0.2, 0.25) is 0 Å². The molecule has 0 bridgehead atoms. The zero-order chi connectivity index (χ0) is 11.3. The van der Waals surface area contributed by atoms with Crippen molar-refractivity contribution in [3.05, 3.63) is 17.5 Å². The Morgan fingerprint density at radius 3 is 2.87 bits per heavy atom. The average Bonchev–Trinajstić information content (AvgIpc) is 2.54. The molecule has 0 aliphatic rings. The van der Waals surface area contributed by atoms with Crippen molar-refractivity contribution in [2.45, 2.75) is 39.3 Å². The van der Waals surface area contributed by atoms with Crippen LogP contribution in [0.15, 0.2) is 6.20 Å². The van der Waals surface area contributed by atoms with Crippen molar-refractivity contribution >= 4 is 0 Å². The molecule has 0 radical (unpaired) electrons. The lowest BCUT2D eigenvalue weighted by Gasteiger charge is -2.12. The molecule has 4 heteroatoms. The van der Waals surface area contributed by atoms with E-state index < -0.39 is 0 Å². The first-order valence-corrected chi connectivity index (χ1v) is 5.47. The molecular weight excluding hydrogens is 190 g/mol. The number of aliphatic hydroxyl groups excluding tert-OH is 1. The molecule has 15 heavy (non-hydrogen) atoms. The Morgan fingerprint density at radius 1 is 1.60 bits per heavy atom. The molecule has 0 spiro atoms. The molecule has 0 aliphatic heterocycles. The first-order chi connectivity index (χ1) is 7.15. The van der Waals surface area contributed by atoms with Crippen molar-refractivity contribution in [1.82, 2.24) is 15.1 Å². The Labute approximate surface area is 91.3 Å². The first-order valence-electron chi connectivity index (χ1n) is 5.47. The van der Waals surface area contributed by atoms with Crippen LogP contribution in [-0.4, -0.2) is 27.5 Å². The van der Waals surface area contributed by atoms with Crippen LogP contribution < -0.4 is 5.32 Å². The molecule has 1 rings (SSSR count). The van der Waals surface area contributed by atoms with E-state index in [4.69, 9.17) is 5.11 Å². The minimum Gasteiger partial charge on any atom is -0.396 e. The van der Waals surface area contributed by atoms with Gasteiger partial charge in [-0.1, -0.05) is 0 Å². The van der Waals surface area contributed by atoms with E-state index in [9.17, 15) is 0 Å². The fourth-order valence-corrected chi connectivity index (χ4v) is 1.50. The minimum atomic E-state index is 0.276. The molecule has 1 atom stereocenters. The van der Waals surface area contributed by atoms with Crippen LogP contribution in [0.3, 0.4) is 0 Å². The Balaban J connectivity index is 2.33. The second-order valence-electron chi connectivity index (χ2n) is 4.03. The third kappa shape index (κ3) is 3.64. The molecule has 86 valence electrons. The summed E-state index contributed by atoms with van der Waals surface area (Å²) >= 11 is 0. The lowest BCUT2D eigenvalue weighted by atomic mass is 10.1. The number of rotatable bonds is 6. The summed E-state index contributed by atoms with van der Waals surface area (Å²) in [5, 5.41) is 16.3. The summed E-state index contributed by atoms with van der Waals surface area (Å²) in [5.74, 6) is 0. The standard InChI is InChI=1S/C11H21N3O/c1-9(5-4-6-15)12-7-11-8-13-14(3)10(11)2/h8-9,12,15H,4-7H2,1-3H3. The predicted octanol–water partition coefficient (Wildman–Crippen LogP) is 0.979. The van der Waals surface area contributed by atoms with Crippen LogP contribution in [0.1, 0.15) is 31.0 Å². The van der Waals surface area contributed by atoms with Crippen LogP contribution in [-0.2, 0) is 13.6 Å². The van der Waals surface area contributed by atoms with Crippen molar-refractivity contribution in [3.63, 3.8) is 0 Å². The van der Waals surface area contributed by atoms with Gasteiger partial charge in [-0.3, -0.25) is 4.68 Å². The molecule has 0 amide bonds. The fraction of sp³-hybridized carbons (Fsp3) is 0.727. The zero-order valence-electron chi connectivity index (χ0n) is 9.82. The summed E-state index contributed by atoms with van der Waals surface area (Å²) in [5.41, 5.74) is 2.45. The van der Waals surface area contributed by atoms with Gasteiger partial charge in [-0.05, 0) is 26.7 Å². The Kier molecular flexibility index (Phi) is 4.78. The third-order valence-corrected chi connectivity index (χ3v) is 2.77. The number of nitrogens with one attached hydrogen (secondary N) is 1. The fourth-order valence-electron chi connectivity index (χ4n) is 1.50. The van der Waals surface area contributed by atoms with Crippen molar-refractivity contribution in [3.8, 4) is 0 Å². The second-order valence-corrected chi connectivity index (χ2v) is 4.03. The van der Waals surface area contributed by atoms with Crippen LogP contribution in [0.25, 0.3) is 0 Å². The van der Waals surface area contributed by atoms with Crippen LogP contribution in [0.2, 0.25) is 0 Å². The second kappa shape index (κ2) is 5.88. The monoisotopic (exact) mass is 211 g/mol. The molecule has 1 heterocycles. The van der Waals surface area contributed by atoms with Gasteiger partial charge < -0.3 is 10.4 Å². The number of nitrogens with zero attached hydrogens (tertiary/aromatic N) is 2. The van der Waals surface area contributed by atoms with Gasteiger partial charge in [0.15, 0.2) is 0 Å². The van der Waals surface area contributed by atoms with Crippen LogP contribution in [0.4, 0.5) is 0 Å². The highest BCUT2D eigenvalue weighted by atomic mass is 16.2. The van der Waals surface area contributed by atoms with Gasteiger partial charge in [-0.2, -0.15) is 5.10 Å². The molecule has 0 saturated carbocycles. The highest BCUT2D eigenvalue weighted by Gasteiger charge is 2.05. The molecule has 0 aliphatic carbocycles. The van der Waals surface area contributed by atoms with E-state index in [2.05, 4.69) is 24.3 Å². The van der Waals surface area contributed by atoms with Gasteiger partial charge in [0.25, 0.3) is 0 Å². The van der Waals surface area contributed by atoms with Gasteiger partial charge in [-0.25, -0.2) is 0 Å². The lowest BCUT2D eigenvalue weighted by Crippen LogP contribution is -2.25. The van der Waals surface area contributed by atoms with Crippen LogP contribution in [0, 0.1) is 6.92 Å². The third-order valence-electron chi connectivity index (χ3n) is 2.77. The normalized spacial score (nSPS) is 13.1. The molecule has 0 fully saturated rings. The SMILES string of the molecule is Cc1c(CNC(C)CCCO)cnn1C. The van der Waals surface area contributed by atoms with E-state index in [0.29, 0.717) is 6.04 Å². The van der Waals surface area contributed by atoms with Gasteiger partial charge in [-0.15, -0.1) is 0 Å². The average molecular weight is 211 g/mol. The van der Waals surface area contributed by atoms with Crippen LogP contribution >= 0.6 is 0 Å². The maximum absolute atomic E-state index is 8.71. The first kappa shape index (κ1) is 12.2. The topological polar surface area (TPSA) is 50.1 Å². The largest absolute Gasteiger partial charge is 0.396 e. The summed E-state index contributed by atoms with van der Waals surface area (Å²) in [7, 11) is 1.95. The minimum absolute atomic E-state index is 0.276. The van der Waals surface area contributed by atoms with Gasteiger partial charge in [0.05, 0.1) is 6.20 Å². The zero-order valence-corrected chi connectivity index (χ0v) is 9.82. The van der Waals surface area contributed by atoms with E-state index in [-0.39, 0.29) is 6.61 Å². The number of aryl methyl sites for hydroxylation is 1. The summed E-state index contributed by atoms with van der Waals surface area (Å²) in [6, 6.07) is 0.441. The predicted molar refractivity (Wildman–Crippen MR) is 60.6 cm³/mol. The Morgan fingerprint density at radius 2 is 2.33 bits per heavy atom. The molecule has 0 saturated heterocycles. The number of aromatic nitrogens is 2. The van der Waals surface area contributed by atoms with Crippen molar-refractivity contribution in [1.29, 1.82) is 0 Å². The highest BCUT2D eigenvalue weighted by Crippen LogP contribution is 2.06. The van der Waals surface area contributed by atoms with Gasteiger partial charge in [0, 0.05) is 37.5 Å². The number of hydrogen-bond acceptors (Lipinski definition) is 3. The molecule has 1 unspecified atom stereocenters. The highest BCUT2D eigenvalue weighted by molar-refractivity contribution is 5.15. The van der Waals surface area contributed by atoms with E-state index >= 15 is 0 Å². The molecule has 2 N–H and O–H groups in total. The quantitative estimate of drug-likeness (QED) is 0.737. The Bertz CT molecular complexity index is 296. The van der Waals surface area contributed by atoms with Crippen molar-refractivity contribution in [2.24, 2.45) is 7.05 Å². The molecular formula is C11H21N3O. The van der Waals surface area contributed by atoms with E-state index in [0.717, 1.165) is 19.4 Å². The van der Waals surface area contributed by atoms with Crippen molar-refractivity contribution in [2.75, 3.05) is 6.61 Å². The Hall–Kier alpha value is -0.870. The van der Waals surface area contributed by atoms with E-state index in [1.54, 1.807) is 0 Å². The van der Waals surface area contributed by atoms with Crippen molar-refractivity contribution < 1.29 is 5.11 Å². The number of hydrogen-bond donors (Lipinski definition) is 2. The summed E-state index contributed by atoms with van der Waals surface area (Å²) in [6.07, 6.45) is 3.77. The molecule has 1 aromatic heterocycles. The molecule has 0 aromatic carbocycles.